The molecule has 2 amide bonds. The number of aromatic nitrogens is 3. The first-order chi connectivity index (χ1) is 10.5. The number of likely N-dealkylation sites (tertiary alicyclic amines) is 1. The molecule has 0 N–H and O–H groups in total. The molecule has 0 saturated carbocycles. The number of amides is 2. The molecule has 1 aromatic rings. The smallest absolute Gasteiger partial charge is 0.252 e. The van der Waals surface area contributed by atoms with Crippen molar-refractivity contribution >= 4 is 11.8 Å². The molecule has 0 aliphatic carbocycles. The van der Waals surface area contributed by atoms with E-state index < -0.39 is 6.10 Å². The summed E-state index contributed by atoms with van der Waals surface area (Å²) in [5.41, 5.74) is 0. The third kappa shape index (κ3) is 3.82. The van der Waals surface area contributed by atoms with Crippen LogP contribution in [0, 0.1) is 0 Å². The molecule has 1 saturated heterocycles. The number of ether oxygens (including phenoxy) is 1. The molecule has 1 aliphatic rings. The summed E-state index contributed by atoms with van der Waals surface area (Å²) in [6.45, 7) is 1.04. The van der Waals surface area contributed by atoms with Gasteiger partial charge in [0.05, 0.1) is 13.1 Å². The van der Waals surface area contributed by atoms with Gasteiger partial charge in [-0.2, -0.15) is 0 Å². The lowest BCUT2D eigenvalue weighted by Gasteiger charge is -2.25. The van der Waals surface area contributed by atoms with E-state index in [1.54, 1.807) is 27.7 Å². The van der Waals surface area contributed by atoms with Crippen LogP contribution in [-0.4, -0.2) is 69.7 Å². The maximum absolute atomic E-state index is 12.3. The van der Waals surface area contributed by atoms with Crippen molar-refractivity contribution < 1.29 is 14.3 Å². The molecule has 1 fully saturated rings. The predicted molar refractivity (Wildman–Crippen MR) is 78.7 cm³/mol. The van der Waals surface area contributed by atoms with Crippen LogP contribution >= 0.6 is 0 Å². The Bertz CT molecular complexity index is 530. The van der Waals surface area contributed by atoms with Crippen LogP contribution in [0.25, 0.3) is 0 Å². The van der Waals surface area contributed by atoms with Gasteiger partial charge in [0.1, 0.15) is 12.4 Å². The second-order valence-electron chi connectivity index (χ2n) is 5.59. The molecule has 122 valence electrons. The number of carbonyl (C=O) groups is 2. The number of carbonyl (C=O) groups excluding carboxylic acids is 2. The van der Waals surface area contributed by atoms with Crippen molar-refractivity contribution in [2.75, 3.05) is 27.2 Å². The van der Waals surface area contributed by atoms with Crippen molar-refractivity contribution in [1.82, 2.24) is 24.6 Å². The van der Waals surface area contributed by atoms with Crippen LogP contribution in [0.3, 0.4) is 0 Å². The van der Waals surface area contributed by atoms with Crippen LogP contribution in [0.15, 0.2) is 6.33 Å². The van der Waals surface area contributed by atoms with Gasteiger partial charge in [0.25, 0.3) is 5.91 Å². The molecule has 8 nitrogen and oxygen atoms in total. The summed E-state index contributed by atoms with van der Waals surface area (Å²) in [5.74, 6) is 0.487. The summed E-state index contributed by atoms with van der Waals surface area (Å²) >= 11 is 0. The number of methoxy groups -OCH3 is 1. The van der Waals surface area contributed by atoms with Crippen LogP contribution < -0.4 is 0 Å². The highest BCUT2D eigenvalue weighted by Gasteiger charge is 2.28. The molecule has 0 aromatic carbocycles. The molecule has 0 radical (unpaired) electrons. The van der Waals surface area contributed by atoms with Gasteiger partial charge < -0.3 is 19.1 Å². The summed E-state index contributed by atoms with van der Waals surface area (Å²) < 4.78 is 6.98. The first-order valence-electron chi connectivity index (χ1n) is 7.41. The Balaban J connectivity index is 1.95. The topological polar surface area (TPSA) is 80.6 Å². The van der Waals surface area contributed by atoms with Gasteiger partial charge in [-0.25, -0.2) is 0 Å². The molecule has 1 aromatic heterocycles. The summed E-state index contributed by atoms with van der Waals surface area (Å²) in [6, 6.07) is 0. The summed E-state index contributed by atoms with van der Waals surface area (Å²) in [7, 11) is 5.07. The third-order valence-electron chi connectivity index (χ3n) is 3.95. The van der Waals surface area contributed by atoms with Gasteiger partial charge in [-0.1, -0.05) is 0 Å². The number of hydrogen-bond acceptors (Lipinski definition) is 5. The highest BCUT2D eigenvalue weighted by atomic mass is 16.5. The van der Waals surface area contributed by atoms with E-state index in [0.29, 0.717) is 18.9 Å². The van der Waals surface area contributed by atoms with Crippen molar-refractivity contribution in [3.05, 3.63) is 12.2 Å². The minimum absolute atomic E-state index is 0.0764. The molecule has 8 heteroatoms. The Kier molecular flexibility index (Phi) is 5.48. The molecular weight excluding hydrogens is 286 g/mol. The van der Waals surface area contributed by atoms with E-state index >= 15 is 0 Å². The lowest BCUT2D eigenvalue weighted by molar-refractivity contribution is -0.146. The maximum Gasteiger partial charge on any atom is 0.252 e. The standard InChI is InChI=1S/C14H23N5O3/c1-17(8-12-16-15-10-18(12)2)13(20)9-19-7-5-4-6-11(22-3)14(19)21/h10-11H,4-9H2,1-3H3. The van der Waals surface area contributed by atoms with E-state index in [4.69, 9.17) is 4.74 Å². The number of aryl methyl sites for hydroxylation is 1. The summed E-state index contributed by atoms with van der Waals surface area (Å²) in [4.78, 5) is 27.8. The fourth-order valence-electron chi connectivity index (χ4n) is 2.48. The van der Waals surface area contributed by atoms with Crippen molar-refractivity contribution in [1.29, 1.82) is 0 Å². The Morgan fingerprint density at radius 2 is 2.27 bits per heavy atom. The quantitative estimate of drug-likeness (QED) is 0.752. The van der Waals surface area contributed by atoms with E-state index in [2.05, 4.69) is 10.2 Å². The molecule has 1 aliphatic heterocycles. The molecule has 0 spiro atoms. The van der Waals surface area contributed by atoms with E-state index in [1.165, 1.54) is 7.11 Å². The van der Waals surface area contributed by atoms with Crippen LogP contribution in [0.4, 0.5) is 0 Å². The number of likely N-dealkylation sites (N-methyl/N-ethyl adjacent to an activating group) is 1. The van der Waals surface area contributed by atoms with Crippen molar-refractivity contribution in [2.24, 2.45) is 7.05 Å². The zero-order chi connectivity index (χ0) is 16.1. The number of nitrogens with zero attached hydrogens (tertiary/aromatic N) is 5. The Labute approximate surface area is 130 Å². The van der Waals surface area contributed by atoms with E-state index in [0.717, 1.165) is 19.3 Å². The average molecular weight is 309 g/mol. The first-order valence-corrected chi connectivity index (χ1v) is 7.41. The van der Waals surface area contributed by atoms with Crippen molar-refractivity contribution in [3.63, 3.8) is 0 Å². The van der Waals surface area contributed by atoms with E-state index in [9.17, 15) is 9.59 Å². The molecule has 2 rings (SSSR count). The van der Waals surface area contributed by atoms with Crippen LogP contribution in [0.2, 0.25) is 0 Å². The predicted octanol–water partition coefficient (Wildman–Crippen LogP) is -0.199. The molecular formula is C14H23N5O3. The van der Waals surface area contributed by atoms with Gasteiger partial charge in [0.15, 0.2) is 5.82 Å². The van der Waals surface area contributed by atoms with Gasteiger partial charge >= 0.3 is 0 Å². The van der Waals surface area contributed by atoms with Gasteiger partial charge in [0, 0.05) is 27.7 Å². The fourth-order valence-corrected chi connectivity index (χ4v) is 2.48. The van der Waals surface area contributed by atoms with Gasteiger partial charge in [0.2, 0.25) is 5.91 Å². The summed E-state index contributed by atoms with van der Waals surface area (Å²) in [6.07, 6.45) is 3.71. The number of rotatable bonds is 5. The molecule has 2 heterocycles. The molecule has 1 unspecified atom stereocenters. The average Bonchev–Trinajstić information content (AvgIpc) is 2.81. The van der Waals surface area contributed by atoms with Crippen LogP contribution in [0.5, 0.6) is 0 Å². The minimum Gasteiger partial charge on any atom is -0.372 e. The van der Waals surface area contributed by atoms with Gasteiger partial charge in [-0.05, 0) is 19.3 Å². The Morgan fingerprint density at radius 3 is 2.91 bits per heavy atom. The highest BCUT2D eigenvalue weighted by molar-refractivity contribution is 5.87. The molecule has 0 bridgehead atoms. The second kappa shape index (κ2) is 7.35. The molecule has 22 heavy (non-hydrogen) atoms. The second-order valence-corrected chi connectivity index (χ2v) is 5.59. The SMILES string of the molecule is COC1CCCCN(CC(=O)N(C)Cc2nncn2C)C1=O. The zero-order valence-corrected chi connectivity index (χ0v) is 13.4. The normalized spacial score (nSPS) is 19.1. The molecule has 1 atom stereocenters. The van der Waals surface area contributed by atoms with E-state index in [1.807, 2.05) is 7.05 Å². The fraction of sp³-hybridized carbons (Fsp3) is 0.714. The van der Waals surface area contributed by atoms with Gasteiger partial charge in [-0.15, -0.1) is 10.2 Å². The highest BCUT2D eigenvalue weighted by Crippen LogP contribution is 2.14. The van der Waals surface area contributed by atoms with E-state index in [-0.39, 0.29) is 18.4 Å². The van der Waals surface area contributed by atoms with Crippen molar-refractivity contribution in [3.8, 4) is 0 Å². The monoisotopic (exact) mass is 309 g/mol. The van der Waals surface area contributed by atoms with Crippen LogP contribution in [-0.2, 0) is 27.9 Å². The zero-order valence-electron chi connectivity index (χ0n) is 13.4. The maximum atomic E-state index is 12.3. The Morgan fingerprint density at radius 1 is 1.50 bits per heavy atom. The largest absolute Gasteiger partial charge is 0.372 e. The first kappa shape index (κ1) is 16.4. The number of hydrogen-bond donors (Lipinski definition) is 0. The van der Waals surface area contributed by atoms with Gasteiger partial charge in [-0.3, -0.25) is 9.59 Å². The lowest BCUT2D eigenvalue weighted by atomic mass is 10.2. The van der Waals surface area contributed by atoms with Crippen LogP contribution in [0.1, 0.15) is 25.1 Å². The third-order valence-corrected chi connectivity index (χ3v) is 3.95. The van der Waals surface area contributed by atoms with Crippen molar-refractivity contribution in [2.45, 2.75) is 31.9 Å². The Hall–Kier alpha value is -1.96. The summed E-state index contributed by atoms with van der Waals surface area (Å²) in [5, 5.41) is 7.75. The lowest BCUT2D eigenvalue weighted by Crippen LogP contribution is -2.45. The minimum atomic E-state index is -0.431.